The lowest BCUT2D eigenvalue weighted by Crippen LogP contribution is -2.08. The van der Waals surface area contributed by atoms with Gasteiger partial charge in [0.25, 0.3) is 5.56 Å². The summed E-state index contributed by atoms with van der Waals surface area (Å²) in [5, 5.41) is 21.6. The Morgan fingerprint density at radius 2 is 2.04 bits per heavy atom. The molecule has 0 unspecified atom stereocenters. The summed E-state index contributed by atoms with van der Waals surface area (Å²) in [6, 6.07) is 13.7. The van der Waals surface area contributed by atoms with Crippen LogP contribution in [-0.2, 0) is 13.0 Å². The van der Waals surface area contributed by atoms with Crippen LogP contribution in [0.15, 0.2) is 53.5 Å². The topological polar surface area (TPSA) is 96.7 Å². The maximum atomic E-state index is 11.9. The van der Waals surface area contributed by atoms with Crippen LogP contribution in [0.4, 0.5) is 0 Å². The van der Waals surface area contributed by atoms with Crippen molar-refractivity contribution in [1.82, 2.24) is 25.0 Å². The highest BCUT2D eigenvalue weighted by Gasteiger charge is 2.14. The van der Waals surface area contributed by atoms with Crippen molar-refractivity contribution in [3.8, 4) is 11.4 Å². The van der Waals surface area contributed by atoms with Crippen LogP contribution in [0.3, 0.4) is 0 Å². The highest BCUT2D eigenvalue weighted by Crippen LogP contribution is 2.23. The maximum absolute atomic E-state index is 11.9. The van der Waals surface area contributed by atoms with Crippen LogP contribution in [0, 0.1) is 6.92 Å². The molecule has 0 amide bonds. The average Bonchev–Trinajstić information content (AvgIpc) is 3.11. The van der Waals surface area contributed by atoms with Crippen LogP contribution in [0.5, 0.6) is 0 Å². The SMILES string of the molecule is Cc1ccccc1Cc1nc(-c2ccc3c(=O)[nH]ncc3c2)n(CCCO)n1. The largest absolute Gasteiger partial charge is 0.396 e. The zero-order valence-electron chi connectivity index (χ0n) is 15.6. The number of nitrogens with one attached hydrogen (secondary N) is 1. The van der Waals surface area contributed by atoms with E-state index in [2.05, 4.69) is 34.4 Å². The fourth-order valence-corrected chi connectivity index (χ4v) is 3.27. The molecule has 4 aromatic rings. The Balaban J connectivity index is 1.75. The first kappa shape index (κ1) is 18.1. The van der Waals surface area contributed by atoms with E-state index in [-0.39, 0.29) is 12.2 Å². The second kappa shape index (κ2) is 7.74. The van der Waals surface area contributed by atoms with Crippen LogP contribution in [0.1, 0.15) is 23.4 Å². The minimum atomic E-state index is -0.217. The molecule has 7 heteroatoms. The van der Waals surface area contributed by atoms with Gasteiger partial charge in [-0.3, -0.25) is 4.79 Å². The van der Waals surface area contributed by atoms with E-state index >= 15 is 0 Å². The van der Waals surface area contributed by atoms with Gasteiger partial charge in [-0.2, -0.15) is 10.2 Å². The molecule has 0 aliphatic rings. The molecule has 0 aliphatic carbocycles. The van der Waals surface area contributed by atoms with E-state index in [1.54, 1.807) is 12.3 Å². The third-order valence-electron chi connectivity index (χ3n) is 4.78. The van der Waals surface area contributed by atoms with E-state index in [9.17, 15) is 9.90 Å². The Hall–Kier alpha value is -3.32. The number of nitrogens with zero attached hydrogens (tertiary/aromatic N) is 4. The highest BCUT2D eigenvalue weighted by molar-refractivity contribution is 5.84. The molecule has 0 saturated carbocycles. The first-order valence-electron chi connectivity index (χ1n) is 9.22. The fourth-order valence-electron chi connectivity index (χ4n) is 3.27. The summed E-state index contributed by atoms with van der Waals surface area (Å²) in [6.45, 7) is 2.73. The number of aromatic amines is 1. The van der Waals surface area contributed by atoms with Crippen molar-refractivity contribution in [2.45, 2.75) is 26.3 Å². The van der Waals surface area contributed by atoms with Crippen LogP contribution in [0.25, 0.3) is 22.2 Å². The van der Waals surface area contributed by atoms with E-state index in [0.29, 0.717) is 24.8 Å². The van der Waals surface area contributed by atoms with Crippen LogP contribution >= 0.6 is 0 Å². The molecule has 2 heterocycles. The number of hydrogen-bond donors (Lipinski definition) is 2. The molecular formula is C21H21N5O2. The van der Waals surface area contributed by atoms with E-state index < -0.39 is 0 Å². The van der Waals surface area contributed by atoms with Gasteiger partial charge in [0.2, 0.25) is 0 Å². The van der Waals surface area contributed by atoms with Gasteiger partial charge in [0.15, 0.2) is 11.6 Å². The second-order valence-corrected chi connectivity index (χ2v) is 6.76. The number of hydrogen-bond acceptors (Lipinski definition) is 5. The van der Waals surface area contributed by atoms with Gasteiger partial charge in [-0.15, -0.1) is 0 Å². The van der Waals surface area contributed by atoms with Crippen molar-refractivity contribution >= 4 is 10.8 Å². The van der Waals surface area contributed by atoms with Gasteiger partial charge in [-0.25, -0.2) is 14.8 Å². The molecule has 142 valence electrons. The molecule has 0 spiro atoms. The molecule has 0 atom stereocenters. The van der Waals surface area contributed by atoms with Gasteiger partial charge in [0, 0.05) is 30.5 Å². The summed E-state index contributed by atoms with van der Waals surface area (Å²) >= 11 is 0. The van der Waals surface area contributed by atoms with Crippen molar-refractivity contribution in [3.05, 3.63) is 76.0 Å². The predicted molar refractivity (Wildman–Crippen MR) is 107 cm³/mol. The van der Waals surface area contributed by atoms with Crippen molar-refractivity contribution < 1.29 is 5.11 Å². The Morgan fingerprint density at radius 3 is 2.86 bits per heavy atom. The monoisotopic (exact) mass is 375 g/mol. The number of H-pyrrole nitrogens is 1. The second-order valence-electron chi connectivity index (χ2n) is 6.76. The first-order valence-corrected chi connectivity index (χ1v) is 9.22. The summed E-state index contributed by atoms with van der Waals surface area (Å²) in [5.41, 5.74) is 3.03. The van der Waals surface area contributed by atoms with Gasteiger partial charge >= 0.3 is 0 Å². The quantitative estimate of drug-likeness (QED) is 0.540. The summed E-state index contributed by atoms with van der Waals surface area (Å²) in [4.78, 5) is 16.7. The Kier molecular flexibility index (Phi) is 4.99. The Labute approximate surface area is 161 Å². The molecule has 7 nitrogen and oxygen atoms in total. The number of aryl methyl sites for hydroxylation is 2. The predicted octanol–water partition coefficient (Wildman–Crippen LogP) is 2.46. The van der Waals surface area contributed by atoms with E-state index in [4.69, 9.17) is 4.98 Å². The summed E-state index contributed by atoms with van der Waals surface area (Å²) in [5.74, 6) is 1.45. The van der Waals surface area contributed by atoms with Gasteiger partial charge < -0.3 is 5.11 Å². The maximum Gasteiger partial charge on any atom is 0.272 e. The van der Waals surface area contributed by atoms with Crippen molar-refractivity contribution in [1.29, 1.82) is 0 Å². The van der Waals surface area contributed by atoms with E-state index in [1.807, 2.05) is 28.9 Å². The van der Waals surface area contributed by atoms with Gasteiger partial charge in [-0.05, 0) is 36.6 Å². The standard InChI is InChI=1S/C21H21N5O2/c1-14-5-2-3-6-15(14)12-19-23-20(26(25-19)9-4-10-27)16-7-8-18-17(11-16)13-22-24-21(18)28/h2-3,5-8,11,13,27H,4,9-10,12H2,1H3,(H,24,28). The number of fused-ring (bicyclic) bond motifs is 1. The molecule has 0 saturated heterocycles. The van der Waals surface area contributed by atoms with E-state index in [1.165, 1.54) is 11.1 Å². The summed E-state index contributed by atoms with van der Waals surface area (Å²) < 4.78 is 1.82. The molecule has 0 radical (unpaired) electrons. The zero-order chi connectivity index (χ0) is 19.5. The molecule has 0 fully saturated rings. The fraction of sp³-hybridized carbons (Fsp3) is 0.238. The molecule has 4 rings (SSSR count). The van der Waals surface area contributed by atoms with Crippen LogP contribution in [-0.4, -0.2) is 36.7 Å². The van der Waals surface area contributed by atoms with Crippen LogP contribution in [0.2, 0.25) is 0 Å². The van der Waals surface area contributed by atoms with Gasteiger partial charge in [0.05, 0.1) is 11.6 Å². The van der Waals surface area contributed by atoms with Gasteiger partial charge in [-0.1, -0.05) is 30.3 Å². The van der Waals surface area contributed by atoms with Crippen molar-refractivity contribution in [2.75, 3.05) is 6.61 Å². The molecule has 0 aliphatic heterocycles. The molecule has 0 bridgehead atoms. The molecule has 2 aromatic carbocycles. The minimum Gasteiger partial charge on any atom is -0.396 e. The third-order valence-corrected chi connectivity index (χ3v) is 4.78. The highest BCUT2D eigenvalue weighted by atomic mass is 16.3. The number of rotatable bonds is 6. The lowest BCUT2D eigenvalue weighted by atomic mass is 10.1. The summed E-state index contributed by atoms with van der Waals surface area (Å²) in [6.07, 6.45) is 2.86. The summed E-state index contributed by atoms with van der Waals surface area (Å²) in [7, 11) is 0. The number of aromatic nitrogens is 5. The molecule has 28 heavy (non-hydrogen) atoms. The number of aliphatic hydroxyl groups is 1. The molecular weight excluding hydrogens is 354 g/mol. The van der Waals surface area contributed by atoms with Crippen molar-refractivity contribution in [3.63, 3.8) is 0 Å². The third kappa shape index (κ3) is 3.57. The number of benzene rings is 2. The Morgan fingerprint density at radius 1 is 1.18 bits per heavy atom. The minimum absolute atomic E-state index is 0.0867. The smallest absolute Gasteiger partial charge is 0.272 e. The van der Waals surface area contributed by atoms with Gasteiger partial charge in [0.1, 0.15) is 0 Å². The molecule has 2 N–H and O–H groups in total. The number of aliphatic hydroxyl groups excluding tert-OH is 1. The van der Waals surface area contributed by atoms with Crippen LogP contribution < -0.4 is 5.56 Å². The lowest BCUT2D eigenvalue weighted by molar-refractivity contribution is 0.277. The normalized spacial score (nSPS) is 11.2. The Bertz CT molecular complexity index is 1180. The van der Waals surface area contributed by atoms with E-state index in [0.717, 1.165) is 22.6 Å². The molecule has 2 aromatic heterocycles. The lowest BCUT2D eigenvalue weighted by Gasteiger charge is -2.05. The average molecular weight is 375 g/mol. The van der Waals surface area contributed by atoms with Crippen molar-refractivity contribution in [2.24, 2.45) is 0 Å². The zero-order valence-corrected chi connectivity index (χ0v) is 15.6. The first-order chi connectivity index (χ1) is 13.7.